The molecule has 2 N–H and O–H groups in total. The van der Waals surface area contributed by atoms with E-state index in [1.54, 1.807) is 0 Å². The van der Waals surface area contributed by atoms with E-state index < -0.39 is 25.9 Å². The summed E-state index contributed by atoms with van der Waals surface area (Å²) in [4.78, 5) is -0.480. The van der Waals surface area contributed by atoms with Crippen LogP contribution in [0.25, 0.3) is 0 Å². The van der Waals surface area contributed by atoms with Crippen LogP contribution in [0.1, 0.15) is 6.92 Å². The predicted molar refractivity (Wildman–Crippen MR) is 71.4 cm³/mol. The van der Waals surface area contributed by atoms with Crippen LogP contribution in [0, 0.1) is 0 Å². The Labute approximate surface area is 117 Å². The monoisotopic (exact) mass is 327 g/mol. The van der Waals surface area contributed by atoms with E-state index in [-0.39, 0.29) is 21.4 Å². The number of nitrogens with one attached hydrogen (secondary N) is 1. The number of aliphatic hydroxyl groups is 1. The Morgan fingerprint density at radius 3 is 2.37 bits per heavy atom. The third kappa shape index (κ3) is 4.15. The molecule has 9 heteroatoms. The second kappa shape index (κ2) is 5.76. The highest BCUT2D eigenvalue weighted by molar-refractivity contribution is 7.91. The molecule has 1 rings (SSSR count). The molecule has 1 aromatic carbocycles. The van der Waals surface area contributed by atoms with Crippen LogP contribution in [0.5, 0.6) is 0 Å². The highest BCUT2D eigenvalue weighted by Gasteiger charge is 2.22. The van der Waals surface area contributed by atoms with E-state index in [9.17, 15) is 16.8 Å². The molecule has 0 spiro atoms. The topological polar surface area (TPSA) is 101 Å². The summed E-state index contributed by atoms with van der Waals surface area (Å²) in [6.07, 6.45) is 0.969. The lowest BCUT2D eigenvalue weighted by atomic mass is 10.4. The van der Waals surface area contributed by atoms with Gasteiger partial charge in [-0.1, -0.05) is 11.6 Å². The Morgan fingerprint density at radius 1 is 1.32 bits per heavy atom. The van der Waals surface area contributed by atoms with Crippen LogP contribution in [-0.2, 0) is 19.9 Å². The SMILES string of the molecule is C[C@@H](CO)NS(=O)(=O)c1cc(S(C)(=O)=O)ccc1Cl. The molecule has 19 heavy (non-hydrogen) atoms. The average molecular weight is 328 g/mol. The van der Waals surface area contributed by atoms with E-state index in [0.717, 1.165) is 12.3 Å². The molecule has 0 amide bonds. The highest BCUT2D eigenvalue weighted by Crippen LogP contribution is 2.24. The van der Waals surface area contributed by atoms with Gasteiger partial charge in [-0.25, -0.2) is 21.6 Å². The van der Waals surface area contributed by atoms with Gasteiger partial charge in [0.1, 0.15) is 4.90 Å². The molecule has 0 heterocycles. The van der Waals surface area contributed by atoms with E-state index in [1.807, 2.05) is 0 Å². The van der Waals surface area contributed by atoms with E-state index in [1.165, 1.54) is 19.1 Å². The molecule has 0 aliphatic rings. The summed E-state index contributed by atoms with van der Waals surface area (Å²) in [6.45, 7) is 1.08. The summed E-state index contributed by atoms with van der Waals surface area (Å²) < 4.78 is 49.0. The molecule has 0 unspecified atom stereocenters. The Hall–Kier alpha value is -0.670. The molecule has 108 valence electrons. The average Bonchev–Trinajstić information content (AvgIpc) is 2.26. The van der Waals surface area contributed by atoms with E-state index >= 15 is 0 Å². The van der Waals surface area contributed by atoms with Crippen LogP contribution in [-0.4, -0.2) is 40.8 Å². The lowest BCUT2D eigenvalue weighted by molar-refractivity contribution is 0.265. The Morgan fingerprint density at radius 2 is 1.89 bits per heavy atom. The fourth-order valence-corrected chi connectivity index (χ4v) is 3.77. The number of sulfonamides is 1. The molecule has 0 aliphatic heterocycles. The predicted octanol–water partition coefficient (Wildman–Crippen LogP) is 0.403. The van der Waals surface area contributed by atoms with Crippen molar-refractivity contribution in [2.24, 2.45) is 0 Å². The fourth-order valence-electron chi connectivity index (χ4n) is 1.29. The van der Waals surface area contributed by atoms with Gasteiger partial charge in [0, 0.05) is 12.3 Å². The van der Waals surface area contributed by atoms with Gasteiger partial charge in [0.25, 0.3) is 0 Å². The normalized spacial score (nSPS) is 14.3. The smallest absolute Gasteiger partial charge is 0.242 e. The summed E-state index contributed by atoms with van der Waals surface area (Å²) in [6, 6.07) is 2.72. The largest absolute Gasteiger partial charge is 0.395 e. The van der Waals surface area contributed by atoms with Crippen molar-refractivity contribution in [2.45, 2.75) is 22.8 Å². The molecule has 0 bridgehead atoms. The Balaban J connectivity index is 3.34. The molecule has 0 aromatic heterocycles. The van der Waals surface area contributed by atoms with Crippen LogP contribution in [0.4, 0.5) is 0 Å². The van der Waals surface area contributed by atoms with Crippen molar-refractivity contribution in [2.75, 3.05) is 12.9 Å². The lowest BCUT2D eigenvalue weighted by Crippen LogP contribution is -2.35. The minimum absolute atomic E-state index is 0.0926. The van der Waals surface area contributed by atoms with Crippen molar-refractivity contribution in [1.29, 1.82) is 0 Å². The van der Waals surface area contributed by atoms with E-state index in [2.05, 4.69) is 4.72 Å². The van der Waals surface area contributed by atoms with Gasteiger partial charge in [0.2, 0.25) is 10.0 Å². The number of rotatable bonds is 5. The van der Waals surface area contributed by atoms with Gasteiger partial charge < -0.3 is 5.11 Å². The van der Waals surface area contributed by atoms with Gasteiger partial charge in [-0.2, -0.15) is 0 Å². The van der Waals surface area contributed by atoms with Crippen molar-refractivity contribution >= 4 is 31.5 Å². The number of sulfone groups is 1. The molecular weight excluding hydrogens is 314 g/mol. The molecule has 0 saturated carbocycles. The van der Waals surface area contributed by atoms with Gasteiger partial charge in [-0.15, -0.1) is 0 Å². The van der Waals surface area contributed by atoms with Gasteiger partial charge in [-0.3, -0.25) is 0 Å². The lowest BCUT2D eigenvalue weighted by Gasteiger charge is -2.13. The van der Waals surface area contributed by atoms with Crippen LogP contribution >= 0.6 is 11.6 Å². The van der Waals surface area contributed by atoms with Crippen molar-refractivity contribution in [3.05, 3.63) is 23.2 Å². The molecule has 1 aromatic rings. The number of hydrogen-bond donors (Lipinski definition) is 2. The van der Waals surface area contributed by atoms with E-state index in [0.29, 0.717) is 0 Å². The summed E-state index contributed by atoms with van der Waals surface area (Å²) in [7, 11) is -7.53. The Bertz CT molecular complexity index is 669. The first-order valence-corrected chi connectivity index (χ1v) is 8.96. The third-order valence-corrected chi connectivity index (χ3v) is 5.43. The van der Waals surface area contributed by atoms with Gasteiger partial charge in [0.05, 0.1) is 16.5 Å². The zero-order valence-corrected chi connectivity index (χ0v) is 12.7. The van der Waals surface area contributed by atoms with Crippen LogP contribution in [0.3, 0.4) is 0 Å². The maximum absolute atomic E-state index is 12.0. The first-order valence-electron chi connectivity index (χ1n) is 5.20. The Kier molecular flexibility index (Phi) is 4.97. The van der Waals surface area contributed by atoms with Crippen LogP contribution in [0.2, 0.25) is 5.02 Å². The summed E-state index contributed by atoms with van der Waals surface area (Å²) in [5.74, 6) is 0. The molecule has 6 nitrogen and oxygen atoms in total. The molecule has 1 atom stereocenters. The zero-order chi connectivity index (χ0) is 14.8. The van der Waals surface area contributed by atoms with Gasteiger partial charge in [-0.05, 0) is 25.1 Å². The summed E-state index contributed by atoms with van der Waals surface area (Å²) in [5.41, 5.74) is 0. The van der Waals surface area contributed by atoms with Crippen molar-refractivity contribution in [1.82, 2.24) is 4.72 Å². The fraction of sp³-hybridized carbons (Fsp3) is 0.400. The molecule has 0 radical (unpaired) electrons. The quantitative estimate of drug-likeness (QED) is 0.815. The molecular formula is C10H14ClNO5S2. The van der Waals surface area contributed by atoms with Crippen LogP contribution < -0.4 is 4.72 Å². The molecule has 0 fully saturated rings. The standard InChI is InChI=1S/C10H14ClNO5S2/c1-7(6-13)12-19(16,17)10-5-8(18(2,14)15)3-4-9(10)11/h3-5,7,12-13H,6H2,1-2H3/t7-/m0/s1. The maximum atomic E-state index is 12.0. The minimum Gasteiger partial charge on any atom is -0.395 e. The molecule has 0 saturated heterocycles. The van der Waals surface area contributed by atoms with Gasteiger partial charge >= 0.3 is 0 Å². The summed E-state index contributed by atoms with van der Waals surface area (Å²) in [5, 5.41) is 8.75. The van der Waals surface area contributed by atoms with Gasteiger partial charge in [0.15, 0.2) is 9.84 Å². The first-order chi connectivity index (χ1) is 8.58. The first kappa shape index (κ1) is 16.4. The maximum Gasteiger partial charge on any atom is 0.242 e. The van der Waals surface area contributed by atoms with Crippen molar-refractivity contribution in [3.63, 3.8) is 0 Å². The second-order valence-electron chi connectivity index (χ2n) is 4.07. The number of hydrogen-bond acceptors (Lipinski definition) is 5. The number of benzene rings is 1. The third-order valence-electron chi connectivity index (χ3n) is 2.25. The number of halogens is 1. The summed E-state index contributed by atoms with van der Waals surface area (Å²) >= 11 is 5.78. The van der Waals surface area contributed by atoms with Crippen molar-refractivity contribution < 1.29 is 21.9 Å². The minimum atomic E-state index is -3.99. The van der Waals surface area contributed by atoms with Crippen molar-refractivity contribution in [3.8, 4) is 0 Å². The van der Waals surface area contributed by atoms with Crippen LogP contribution in [0.15, 0.2) is 28.0 Å². The number of aliphatic hydroxyl groups excluding tert-OH is 1. The van der Waals surface area contributed by atoms with E-state index in [4.69, 9.17) is 16.7 Å². The second-order valence-corrected chi connectivity index (χ2v) is 8.17. The highest BCUT2D eigenvalue weighted by atomic mass is 35.5. The molecule has 0 aliphatic carbocycles. The zero-order valence-electron chi connectivity index (χ0n) is 10.3.